The third-order valence-electron chi connectivity index (χ3n) is 3.93. The molecule has 1 aromatic heterocycles. The highest BCUT2D eigenvalue weighted by atomic mass is 16.5. The first-order chi connectivity index (χ1) is 11.8. The molecular formula is C17H24N2O6. The molecule has 0 spiro atoms. The fraction of sp³-hybridized carbons (Fsp3) is 0.588. The maximum Gasteiger partial charge on any atom is 0.339 e. The maximum atomic E-state index is 12.7. The summed E-state index contributed by atoms with van der Waals surface area (Å²) < 4.78 is 15.6. The highest BCUT2D eigenvalue weighted by Gasteiger charge is 2.41. The van der Waals surface area contributed by atoms with E-state index in [4.69, 9.17) is 13.9 Å². The number of rotatable bonds is 7. The Morgan fingerprint density at radius 2 is 2.24 bits per heavy atom. The lowest BCUT2D eigenvalue weighted by atomic mass is 10.0. The Bertz CT molecular complexity index is 711. The third kappa shape index (κ3) is 4.39. The summed E-state index contributed by atoms with van der Waals surface area (Å²) >= 11 is 0. The van der Waals surface area contributed by atoms with E-state index < -0.39 is 23.3 Å². The Morgan fingerprint density at radius 3 is 2.80 bits per heavy atom. The van der Waals surface area contributed by atoms with E-state index in [0.29, 0.717) is 17.9 Å². The van der Waals surface area contributed by atoms with Crippen LogP contribution in [0.4, 0.5) is 0 Å². The van der Waals surface area contributed by atoms with Crippen LogP contribution in [0.25, 0.3) is 0 Å². The summed E-state index contributed by atoms with van der Waals surface area (Å²) in [6.07, 6.45) is 0.463. The molecule has 2 N–H and O–H groups in total. The zero-order valence-electron chi connectivity index (χ0n) is 14.9. The van der Waals surface area contributed by atoms with Crippen molar-refractivity contribution in [1.29, 1.82) is 0 Å². The summed E-state index contributed by atoms with van der Waals surface area (Å²) in [4.78, 5) is 28.6. The summed E-state index contributed by atoms with van der Waals surface area (Å²) in [5, 5.41) is 12.4. The van der Waals surface area contributed by atoms with Crippen LogP contribution in [-0.2, 0) is 9.53 Å². The molecule has 0 aliphatic carbocycles. The van der Waals surface area contributed by atoms with E-state index in [-0.39, 0.29) is 18.4 Å². The summed E-state index contributed by atoms with van der Waals surface area (Å²) in [6.45, 7) is 5.15. The molecule has 0 radical (unpaired) electrons. The number of aliphatic imine (C=N–C) groups is 1. The summed E-state index contributed by atoms with van der Waals surface area (Å²) in [5.74, 6) is 0.456. The topological polar surface area (TPSA) is 110 Å². The van der Waals surface area contributed by atoms with Crippen molar-refractivity contribution in [2.45, 2.75) is 51.3 Å². The molecule has 8 heteroatoms. The van der Waals surface area contributed by atoms with Gasteiger partial charge >= 0.3 is 5.63 Å². The predicted octanol–water partition coefficient (Wildman–Crippen LogP) is 1.17. The van der Waals surface area contributed by atoms with Crippen LogP contribution in [-0.4, -0.2) is 42.3 Å². The van der Waals surface area contributed by atoms with Gasteiger partial charge in [0.05, 0.1) is 19.2 Å². The van der Waals surface area contributed by atoms with Crippen molar-refractivity contribution >= 4 is 11.8 Å². The SMILES string of the molecule is CCC[C@@H](NC(=O)[C@]1(C)COC(C(C)O)=N1)c1cc(OC)cc(=O)o1. The van der Waals surface area contributed by atoms with Gasteiger partial charge in [0, 0.05) is 6.07 Å². The normalized spacial score (nSPS) is 21.9. The van der Waals surface area contributed by atoms with E-state index in [1.807, 2.05) is 6.92 Å². The van der Waals surface area contributed by atoms with Gasteiger partial charge in [0.2, 0.25) is 5.90 Å². The van der Waals surface area contributed by atoms with Crippen molar-refractivity contribution in [1.82, 2.24) is 5.32 Å². The van der Waals surface area contributed by atoms with E-state index in [1.54, 1.807) is 13.0 Å². The monoisotopic (exact) mass is 352 g/mol. The van der Waals surface area contributed by atoms with Gasteiger partial charge in [-0.2, -0.15) is 0 Å². The van der Waals surface area contributed by atoms with Crippen molar-refractivity contribution in [3.63, 3.8) is 0 Å². The Kier molecular flexibility index (Phi) is 5.84. The van der Waals surface area contributed by atoms with Crippen molar-refractivity contribution in [3.8, 4) is 5.75 Å². The predicted molar refractivity (Wildman–Crippen MR) is 90.8 cm³/mol. The number of hydrogen-bond acceptors (Lipinski definition) is 7. The van der Waals surface area contributed by atoms with E-state index in [1.165, 1.54) is 20.1 Å². The number of amides is 1. The molecular weight excluding hydrogens is 328 g/mol. The quantitative estimate of drug-likeness (QED) is 0.762. The van der Waals surface area contributed by atoms with Crippen molar-refractivity contribution < 1.29 is 23.8 Å². The lowest BCUT2D eigenvalue weighted by Gasteiger charge is -2.23. The van der Waals surface area contributed by atoms with Crippen LogP contribution in [0.5, 0.6) is 5.75 Å². The van der Waals surface area contributed by atoms with Gasteiger partial charge in [0.25, 0.3) is 5.91 Å². The molecule has 1 aromatic rings. The van der Waals surface area contributed by atoms with Gasteiger partial charge in [0.15, 0.2) is 5.54 Å². The zero-order valence-corrected chi connectivity index (χ0v) is 14.9. The molecule has 3 atom stereocenters. The molecule has 2 rings (SSSR count). The second kappa shape index (κ2) is 7.69. The Balaban J connectivity index is 2.23. The highest BCUT2D eigenvalue weighted by molar-refractivity contribution is 5.93. The number of nitrogens with zero attached hydrogens (tertiary/aromatic N) is 1. The first-order valence-corrected chi connectivity index (χ1v) is 8.19. The average Bonchev–Trinajstić information content (AvgIpc) is 2.98. The first kappa shape index (κ1) is 19.0. The molecule has 1 aliphatic rings. The fourth-order valence-electron chi connectivity index (χ4n) is 2.50. The number of aliphatic hydroxyl groups excluding tert-OH is 1. The number of hydrogen-bond donors (Lipinski definition) is 2. The lowest BCUT2D eigenvalue weighted by molar-refractivity contribution is -0.127. The minimum Gasteiger partial charge on any atom is -0.496 e. The summed E-state index contributed by atoms with van der Waals surface area (Å²) in [5.41, 5.74) is -1.69. The Morgan fingerprint density at radius 1 is 1.52 bits per heavy atom. The van der Waals surface area contributed by atoms with Crippen LogP contribution in [0.2, 0.25) is 0 Å². The Labute approximate surface area is 145 Å². The molecule has 138 valence electrons. The van der Waals surface area contributed by atoms with Gasteiger partial charge < -0.3 is 24.3 Å². The zero-order chi connectivity index (χ0) is 18.6. The summed E-state index contributed by atoms with van der Waals surface area (Å²) in [6, 6.07) is 2.32. The fourth-order valence-corrected chi connectivity index (χ4v) is 2.50. The smallest absolute Gasteiger partial charge is 0.339 e. The van der Waals surface area contributed by atoms with Gasteiger partial charge in [-0.25, -0.2) is 9.79 Å². The lowest BCUT2D eigenvalue weighted by Crippen LogP contribution is -2.45. The molecule has 1 amide bonds. The van der Waals surface area contributed by atoms with Crippen LogP contribution in [0.3, 0.4) is 0 Å². The molecule has 0 bridgehead atoms. The second-order valence-corrected chi connectivity index (χ2v) is 6.22. The number of carbonyl (C=O) groups excluding carboxylic acids is 1. The molecule has 1 unspecified atom stereocenters. The maximum absolute atomic E-state index is 12.7. The van der Waals surface area contributed by atoms with Gasteiger partial charge in [-0.05, 0) is 20.3 Å². The van der Waals surface area contributed by atoms with Crippen LogP contribution < -0.4 is 15.7 Å². The average molecular weight is 352 g/mol. The number of aliphatic hydroxyl groups is 1. The largest absolute Gasteiger partial charge is 0.496 e. The van der Waals surface area contributed by atoms with Crippen molar-refractivity contribution in [2.24, 2.45) is 4.99 Å². The molecule has 0 saturated carbocycles. The van der Waals surface area contributed by atoms with Crippen LogP contribution >= 0.6 is 0 Å². The highest BCUT2D eigenvalue weighted by Crippen LogP contribution is 2.25. The summed E-state index contributed by atoms with van der Waals surface area (Å²) in [7, 11) is 1.45. The van der Waals surface area contributed by atoms with Crippen LogP contribution in [0.1, 0.15) is 45.4 Å². The van der Waals surface area contributed by atoms with E-state index >= 15 is 0 Å². The number of carbonyl (C=O) groups is 1. The molecule has 8 nitrogen and oxygen atoms in total. The van der Waals surface area contributed by atoms with Crippen LogP contribution in [0, 0.1) is 0 Å². The second-order valence-electron chi connectivity index (χ2n) is 6.22. The van der Waals surface area contributed by atoms with E-state index in [2.05, 4.69) is 10.3 Å². The van der Waals surface area contributed by atoms with Crippen molar-refractivity contribution in [3.05, 3.63) is 28.3 Å². The van der Waals surface area contributed by atoms with Gasteiger partial charge in [-0.1, -0.05) is 13.3 Å². The van der Waals surface area contributed by atoms with E-state index in [9.17, 15) is 14.7 Å². The molecule has 0 saturated heterocycles. The minimum atomic E-state index is -1.14. The third-order valence-corrected chi connectivity index (χ3v) is 3.93. The number of ether oxygens (including phenoxy) is 2. The Hall–Kier alpha value is -2.35. The standard InChI is InChI=1S/C17H24N2O6/c1-5-6-12(13-7-11(23-4)8-14(21)25-13)18-16(22)17(3)9-24-15(19-17)10(2)20/h7-8,10,12,20H,5-6,9H2,1-4H3,(H,18,22)/t10?,12-,17+/m1/s1. The molecule has 2 heterocycles. The van der Waals surface area contributed by atoms with Gasteiger partial charge in [0.1, 0.15) is 24.2 Å². The minimum absolute atomic E-state index is 0.0416. The van der Waals surface area contributed by atoms with Crippen molar-refractivity contribution in [2.75, 3.05) is 13.7 Å². The number of methoxy groups -OCH3 is 1. The molecule has 0 aromatic carbocycles. The van der Waals surface area contributed by atoms with Gasteiger partial charge in [-0.15, -0.1) is 0 Å². The van der Waals surface area contributed by atoms with E-state index in [0.717, 1.165) is 6.42 Å². The van der Waals surface area contributed by atoms with Gasteiger partial charge in [-0.3, -0.25) is 4.79 Å². The molecule has 1 aliphatic heterocycles. The first-order valence-electron chi connectivity index (χ1n) is 8.19. The van der Waals surface area contributed by atoms with Crippen LogP contribution in [0.15, 0.2) is 26.3 Å². The molecule has 0 fully saturated rings. The molecule has 25 heavy (non-hydrogen) atoms. The number of nitrogens with one attached hydrogen (secondary N) is 1.